The van der Waals surface area contributed by atoms with Crippen LogP contribution in [0.5, 0.6) is 11.5 Å². The molecule has 0 unspecified atom stereocenters. The third-order valence-corrected chi connectivity index (χ3v) is 6.03. The summed E-state index contributed by atoms with van der Waals surface area (Å²) in [5.41, 5.74) is 7.61. The summed E-state index contributed by atoms with van der Waals surface area (Å²) in [5.74, 6) is -0.729. The molecule has 0 spiro atoms. The van der Waals surface area contributed by atoms with Gasteiger partial charge in [-0.15, -0.1) is 0 Å². The molecular formula is C28H32N2O6. The Balaban J connectivity index is 1.59. The fraction of sp³-hybridized carbons (Fsp3) is 0.286. The number of ether oxygens (including phenoxy) is 2. The van der Waals surface area contributed by atoms with E-state index < -0.39 is 23.5 Å². The second kappa shape index (κ2) is 12.2. The van der Waals surface area contributed by atoms with Crippen molar-refractivity contribution in [3.63, 3.8) is 0 Å². The standard InChI is InChI=1S/C28H32N2O6/c1-3-28(27(33)34,30-4-2)22-10-14-24(15-11-22)36-18-20-7-5-6-19(16-20)17-35-23-12-8-21(9-13-23)25(29)26(31)32/h5-16,25,30H,3-4,17-18,29H2,1-2H3,(H,31,32)(H,33,34)/t25-,28-/m1/s1. The average molecular weight is 493 g/mol. The second-order valence-electron chi connectivity index (χ2n) is 8.40. The minimum atomic E-state index is -1.12. The summed E-state index contributed by atoms with van der Waals surface area (Å²) in [7, 11) is 0. The summed E-state index contributed by atoms with van der Waals surface area (Å²) >= 11 is 0. The van der Waals surface area contributed by atoms with Gasteiger partial charge in [-0.2, -0.15) is 0 Å². The van der Waals surface area contributed by atoms with Gasteiger partial charge in [-0.05, 0) is 65.6 Å². The van der Waals surface area contributed by atoms with Crippen molar-refractivity contribution < 1.29 is 29.3 Å². The van der Waals surface area contributed by atoms with Crippen LogP contribution in [-0.2, 0) is 28.3 Å². The lowest BCUT2D eigenvalue weighted by Crippen LogP contribution is -2.48. The highest BCUT2D eigenvalue weighted by molar-refractivity contribution is 5.80. The monoisotopic (exact) mass is 492 g/mol. The molecule has 0 bridgehead atoms. The number of hydrogen-bond donors (Lipinski definition) is 4. The van der Waals surface area contributed by atoms with E-state index in [4.69, 9.17) is 20.3 Å². The van der Waals surface area contributed by atoms with Crippen LogP contribution in [0.1, 0.15) is 48.6 Å². The molecule has 0 aliphatic heterocycles. The lowest BCUT2D eigenvalue weighted by atomic mass is 9.87. The fourth-order valence-electron chi connectivity index (χ4n) is 3.98. The number of carboxylic acid groups (broad SMARTS) is 2. The minimum absolute atomic E-state index is 0.339. The molecule has 3 rings (SSSR count). The number of hydrogen-bond acceptors (Lipinski definition) is 6. The zero-order chi connectivity index (χ0) is 26.1. The molecule has 5 N–H and O–H groups in total. The fourth-order valence-corrected chi connectivity index (χ4v) is 3.98. The Kier molecular flexibility index (Phi) is 9.05. The van der Waals surface area contributed by atoms with E-state index in [0.717, 1.165) is 11.1 Å². The van der Waals surface area contributed by atoms with Crippen molar-refractivity contribution in [1.82, 2.24) is 5.32 Å². The van der Waals surface area contributed by atoms with Crippen molar-refractivity contribution >= 4 is 11.9 Å². The molecule has 0 radical (unpaired) electrons. The SMILES string of the molecule is CCN[C@@](CC)(C(=O)O)c1ccc(OCc2cccc(COc3ccc([C@@H](N)C(=O)O)cc3)c2)cc1. The molecule has 3 aromatic rings. The number of rotatable bonds is 13. The van der Waals surface area contributed by atoms with Gasteiger partial charge >= 0.3 is 11.9 Å². The number of carboxylic acids is 2. The smallest absolute Gasteiger partial charge is 0.328 e. The maximum Gasteiger partial charge on any atom is 0.328 e. The normalized spacial score (nSPS) is 13.4. The highest BCUT2D eigenvalue weighted by Gasteiger charge is 2.37. The lowest BCUT2D eigenvalue weighted by molar-refractivity contribution is -0.145. The van der Waals surface area contributed by atoms with E-state index in [1.54, 1.807) is 48.5 Å². The Morgan fingerprint density at radius 1 is 0.889 bits per heavy atom. The largest absolute Gasteiger partial charge is 0.489 e. The Morgan fingerprint density at radius 3 is 1.86 bits per heavy atom. The Labute approximate surface area is 210 Å². The van der Waals surface area contributed by atoms with E-state index in [9.17, 15) is 14.7 Å². The van der Waals surface area contributed by atoms with Crippen LogP contribution in [0, 0.1) is 0 Å². The predicted molar refractivity (Wildman–Crippen MR) is 136 cm³/mol. The summed E-state index contributed by atoms with van der Waals surface area (Å²) < 4.78 is 11.7. The third-order valence-electron chi connectivity index (χ3n) is 6.03. The average Bonchev–Trinajstić information content (AvgIpc) is 2.89. The van der Waals surface area contributed by atoms with E-state index in [0.29, 0.717) is 48.8 Å². The molecule has 3 aromatic carbocycles. The number of benzene rings is 3. The molecule has 8 heteroatoms. The summed E-state index contributed by atoms with van der Waals surface area (Å²) in [6.07, 6.45) is 0.422. The Bertz CT molecular complexity index is 1160. The van der Waals surface area contributed by atoms with Crippen LogP contribution in [0.4, 0.5) is 0 Å². The van der Waals surface area contributed by atoms with Crippen LogP contribution in [0.3, 0.4) is 0 Å². The van der Waals surface area contributed by atoms with Crippen molar-refractivity contribution in [3.8, 4) is 11.5 Å². The van der Waals surface area contributed by atoms with Crippen molar-refractivity contribution in [2.45, 2.75) is 45.1 Å². The zero-order valence-corrected chi connectivity index (χ0v) is 20.4. The highest BCUT2D eigenvalue weighted by Crippen LogP contribution is 2.28. The van der Waals surface area contributed by atoms with Crippen molar-refractivity contribution in [2.24, 2.45) is 5.73 Å². The molecule has 0 saturated carbocycles. The van der Waals surface area contributed by atoms with E-state index in [-0.39, 0.29) is 0 Å². The van der Waals surface area contributed by atoms with Gasteiger partial charge in [-0.3, -0.25) is 10.1 Å². The summed E-state index contributed by atoms with van der Waals surface area (Å²) in [5, 5.41) is 21.9. The first-order chi connectivity index (χ1) is 17.3. The molecule has 0 amide bonds. The van der Waals surface area contributed by atoms with Gasteiger partial charge in [0.15, 0.2) is 0 Å². The van der Waals surface area contributed by atoms with Gasteiger partial charge in [0, 0.05) is 0 Å². The molecule has 36 heavy (non-hydrogen) atoms. The van der Waals surface area contributed by atoms with E-state index in [1.165, 1.54) is 0 Å². The van der Waals surface area contributed by atoms with Gasteiger partial charge in [0.1, 0.15) is 36.3 Å². The first-order valence-corrected chi connectivity index (χ1v) is 11.8. The number of aliphatic carboxylic acids is 2. The molecule has 0 aliphatic carbocycles. The first-order valence-electron chi connectivity index (χ1n) is 11.8. The van der Waals surface area contributed by atoms with E-state index in [2.05, 4.69) is 5.32 Å². The molecule has 0 aliphatic rings. The molecule has 0 saturated heterocycles. The number of carbonyl (C=O) groups is 2. The van der Waals surface area contributed by atoms with Gasteiger partial charge < -0.3 is 25.4 Å². The molecule has 0 fully saturated rings. The summed E-state index contributed by atoms with van der Waals surface area (Å²) in [4.78, 5) is 22.9. The predicted octanol–water partition coefficient (Wildman–Crippen LogP) is 4.23. The topological polar surface area (TPSA) is 131 Å². The lowest BCUT2D eigenvalue weighted by Gasteiger charge is -2.29. The van der Waals surface area contributed by atoms with Crippen LogP contribution in [0.15, 0.2) is 72.8 Å². The third kappa shape index (κ3) is 6.41. The Hall–Kier alpha value is -3.88. The second-order valence-corrected chi connectivity index (χ2v) is 8.40. The quantitative estimate of drug-likeness (QED) is 0.279. The van der Waals surface area contributed by atoms with Gasteiger partial charge in [0.05, 0.1) is 0 Å². The minimum Gasteiger partial charge on any atom is -0.489 e. The molecule has 190 valence electrons. The van der Waals surface area contributed by atoms with Gasteiger partial charge in [-0.1, -0.05) is 56.3 Å². The zero-order valence-electron chi connectivity index (χ0n) is 20.4. The summed E-state index contributed by atoms with van der Waals surface area (Å²) in [6.45, 7) is 4.97. The van der Waals surface area contributed by atoms with Crippen LogP contribution in [-0.4, -0.2) is 28.7 Å². The van der Waals surface area contributed by atoms with Crippen LogP contribution in [0.2, 0.25) is 0 Å². The van der Waals surface area contributed by atoms with E-state index in [1.807, 2.05) is 38.1 Å². The number of likely N-dealkylation sites (N-methyl/N-ethyl adjacent to an activating group) is 1. The number of nitrogens with two attached hydrogens (primary N) is 1. The maximum atomic E-state index is 12.0. The molecule has 0 heterocycles. The summed E-state index contributed by atoms with van der Waals surface area (Å²) in [6, 6.07) is 20.6. The molecular weight excluding hydrogens is 460 g/mol. The van der Waals surface area contributed by atoms with Crippen LogP contribution >= 0.6 is 0 Å². The van der Waals surface area contributed by atoms with Crippen molar-refractivity contribution in [3.05, 3.63) is 95.1 Å². The Morgan fingerprint density at radius 2 is 1.42 bits per heavy atom. The first kappa shape index (κ1) is 26.7. The number of nitrogens with one attached hydrogen (secondary N) is 1. The van der Waals surface area contributed by atoms with Gasteiger partial charge in [0.2, 0.25) is 0 Å². The van der Waals surface area contributed by atoms with Crippen molar-refractivity contribution in [1.29, 1.82) is 0 Å². The highest BCUT2D eigenvalue weighted by atomic mass is 16.5. The van der Waals surface area contributed by atoms with Gasteiger partial charge in [0.25, 0.3) is 0 Å². The van der Waals surface area contributed by atoms with Crippen molar-refractivity contribution in [2.75, 3.05) is 6.54 Å². The van der Waals surface area contributed by atoms with E-state index >= 15 is 0 Å². The van der Waals surface area contributed by atoms with Gasteiger partial charge in [-0.25, -0.2) is 4.79 Å². The van der Waals surface area contributed by atoms with Crippen LogP contribution in [0.25, 0.3) is 0 Å². The van der Waals surface area contributed by atoms with Crippen LogP contribution < -0.4 is 20.5 Å². The maximum absolute atomic E-state index is 12.0. The molecule has 8 nitrogen and oxygen atoms in total. The molecule has 2 atom stereocenters. The molecule has 0 aromatic heterocycles.